The lowest BCUT2D eigenvalue weighted by atomic mass is 10.0. The molecule has 2 aliphatic heterocycles. The minimum atomic E-state index is -0.457. The maximum atomic E-state index is 13.3. The van der Waals surface area contributed by atoms with Gasteiger partial charge in [-0.05, 0) is 57.5 Å². The molecule has 1 atom stereocenters. The van der Waals surface area contributed by atoms with E-state index in [9.17, 15) is 14.0 Å². The lowest BCUT2D eigenvalue weighted by Gasteiger charge is -2.36. The van der Waals surface area contributed by atoms with Crippen LogP contribution in [0.4, 0.5) is 20.7 Å². The number of hydrogen-bond donors (Lipinski definition) is 2. The van der Waals surface area contributed by atoms with E-state index in [1.807, 2.05) is 9.58 Å². The van der Waals surface area contributed by atoms with Gasteiger partial charge in [0.25, 0.3) is 0 Å². The van der Waals surface area contributed by atoms with E-state index in [0.29, 0.717) is 24.6 Å². The highest BCUT2D eigenvalue weighted by molar-refractivity contribution is 5.99. The average Bonchev–Trinajstić information content (AvgIpc) is 3.12. The molecule has 2 aromatic rings. The van der Waals surface area contributed by atoms with Crippen LogP contribution in [0.5, 0.6) is 0 Å². The number of urea groups is 1. The third kappa shape index (κ3) is 5.27. The number of halogens is 1. The number of nitrogens with zero attached hydrogens (tertiary/aromatic N) is 4. The zero-order chi connectivity index (χ0) is 22.5. The Morgan fingerprint density at radius 3 is 2.62 bits per heavy atom. The summed E-state index contributed by atoms with van der Waals surface area (Å²) >= 11 is 0. The van der Waals surface area contributed by atoms with Gasteiger partial charge in [-0.15, -0.1) is 0 Å². The fourth-order valence-corrected chi connectivity index (χ4v) is 4.65. The maximum absolute atomic E-state index is 13.3. The van der Waals surface area contributed by atoms with Crippen LogP contribution in [0, 0.1) is 5.82 Å². The minimum Gasteiger partial charge on any atom is -0.341 e. The van der Waals surface area contributed by atoms with Crippen molar-refractivity contribution in [2.45, 2.75) is 50.6 Å². The van der Waals surface area contributed by atoms with E-state index < -0.39 is 11.8 Å². The summed E-state index contributed by atoms with van der Waals surface area (Å²) in [6.45, 7) is 2.35. The summed E-state index contributed by atoms with van der Waals surface area (Å²) in [5.41, 5.74) is 0.379. The number of carbonyl (C=O) groups is 2. The van der Waals surface area contributed by atoms with Gasteiger partial charge in [-0.2, -0.15) is 5.10 Å². The van der Waals surface area contributed by atoms with E-state index in [-0.39, 0.29) is 18.0 Å². The second-order valence-electron chi connectivity index (χ2n) is 8.65. The summed E-state index contributed by atoms with van der Waals surface area (Å²) in [4.78, 5) is 29.6. The Morgan fingerprint density at radius 2 is 1.84 bits per heavy atom. The van der Waals surface area contributed by atoms with Gasteiger partial charge in [-0.3, -0.25) is 15.0 Å². The normalized spacial score (nSPS) is 20.6. The van der Waals surface area contributed by atoms with Crippen LogP contribution in [0.3, 0.4) is 0 Å². The second kappa shape index (κ2) is 10.1. The number of carbonyl (C=O) groups excluding carboxylic acids is 2. The Morgan fingerprint density at radius 1 is 1.03 bits per heavy atom. The van der Waals surface area contributed by atoms with Crippen molar-refractivity contribution in [2.24, 2.45) is 0 Å². The maximum Gasteiger partial charge on any atom is 0.324 e. The number of piperidine rings is 1. The summed E-state index contributed by atoms with van der Waals surface area (Å²) in [5, 5.41) is 9.83. The summed E-state index contributed by atoms with van der Waals surface area (Å²) in [6, 6.07) is 7.12. The zero-order valence-electron chi connectivity index (χ0n) is 18.5. The number of hydrogen-bond acceptors (Lipinski definition) is 4. The third-order valence-electron chi connectivity index (χ3n) is 6.42. The largest absolute Gasteiger partial charge is 0.341 e. The molecule has 2 saturated heterocycles. The molecule has 0 unspecified atom stereocenters. The van der Waals surface area contributed by atoms with Crippen LogP contribution in [-0.2, 0) is 4.79 Å². The van der Waals surface area contributed by atoms with Gasteiger partial charge in [0.15, 0.2) is 0 Å². The van der Waals surface area contributed by atoms with E-state index >= 15 is 0 Å². The molecule has 0 aliphatic carbocycles. The predicted molar refractivity (Wildman–Crippen MR) is 121 cm³/mol. The Hall–Kier alpha value is -2.94. The van der Waals surface area contributed by atoms with Crippen LogP contribution in [0.15, 0.2) is 36.5 Å². The highest BCUT2D eigenvalue weighted by atomic mass is 19.1. The first-order valence-corrected chi connectivity index (χ1v) is 11.4. The number of benzene rings is 1. The molecule has 0 radical (unpaired) electrons. The van der Waals surface area contributed by atoms with Gasteiger partial charge in [0.2, 0.25) is 5.91 Å². The molecule has 0 bridgehead atoms. The number of likely N-dealkylation sites (tertiary alicyclic amines) is 2. The summed E-state index contributed by atoms with van der Waals surface area (Å²) in [6.07, 6.45) is 7.60. The molecule has 1 aromatic heterocycles. The van der Waals surface area contributed by atoms with Gasteiger partial charge in [-0.25, -0.2) is 13.9 Å². The molecule has 1 aromatic carbocycles. The van der Waals surface area contributed by atoms with Gasteiger partial charge >= 0.3 is 6.03 Å². The smallest absolute Gasteiger partial charge is 0.324 e. The lowest BCUT2D eigenvalue weighted by molar-refractivity contribution is -0.138. The zero-order valence-corrected chi connectivity index (χ0v) is 18.5. The molecule has 2 fully saturated rings. The van der Waals surface area contributed by atoms with Crippen molar-refractivity contribution < 1.29 is 14.0 Å². The van der Waals surface area contributed by atoms with Crippen molar-refractivity contribution in [1.82, 2.24) is 19.6 Å². The fraction of sp³-hybridized carbons (Fsp3) is 0.522. The van der Waals surface area contributed by atoms with Crippen LogP contribution >= 0.6 is 0 Å². The second-order valence-corrected chi connectivity index (χ2v) is 8.65. The molecule has 4 rings (SSSR count). The molecule has 2 aliphatic rings. The molecule has 0 spiro atoms. The molecule has 3 heterocycles. The molecule has 2 N–H and O–H groups in total. The van der Waals surface area contributed by atoms with Crippen molar-refractivity contribution in [3.8, 4) is 0 Å². The monoisotopic (exact) mass is 442 g/mol. The highest BCUT2D eigenvalue weighted by Gasteiger charge is 2.32. The SMILES string of the molecule is CN1CCCCC[C@@H]1C(=O)N1CCC(n2nccc2NC(=O)Nc2cccc(F)c2)CC1. The standard InChI is InChI=1S/C23H31FN6O2/c1-28-13-4-2-3-8-20(28)22(31)29-14-10-19(11-15-29)30-21(9-12-25-30)27-23(32)26-18-7-5-6-17(24)16-18/h5-7,9,12,16,19-20H,2-4,8,10-11,13-15H2,1H3,(H2,26,27,32)/t20-/m1/s1. The minimum absolute atomic E-state index is 0.0116. The van der Waals surface area contributed by atoms with E-state index in [0.717, 1.165) is 38.6 Å². The Bertz CT molecular complexity index is 940. The first-order chi connectivity index (χ1) is 15.5. The number of aromatic nitrogens is 2. The molecule has 9 heteroatoms. The lowest BCUT2D eigenvalue weighted by Crippen LogP contribution is -2.49. The van der Waals surface area contributed by atoms with E-state index in [1.54, 1.807) is 18.3 Å². The first-order valence-electron chi connectivity index (χ1n) is 11.4. The van der Waals surface area contributed by atoms with E-state index in [1.165, 1.54) is 24.6 Å². The quantitative estimate of drug-likeness (QED) is 0.756. The molecular formula is C23H31FN6O2. The Labute approximate surface area is 187 Å². The predicted octanol–water partition coefficient (Wildman–Crippen LogP) is 3.70. The van der Waals surface area contributed by atoms with Crippen molar-refractivity contribution in [3.05, 3.63) is 42.3 Å². The van der Waals surface area contributed by atoms with Gasteiger partial charge in [0.05, 0.1) is 18.3 Å². The van der Waals surface area contributed by atoms with Crippen LogP contribution < -0.4 is 10.6 Å². The number of amides is 3. The van der Waals surface area contributed by atoms with Crippen molar-refractivity contribution in [3.63, 3.8) is 0 Å². The molecule has 172 valence electrons. The number of rotatable bonds is 4. The van der Waals surface area contributed by atoms with Crippen LogP contribution in [0.1, 0.15) is 44.6 Å². The molecule has 3 amide bonds. The van der Waals surface area contributed by atoms with E-state index in [4.69, 9.17) is 0 Å². The topological polar surface area (TPSA) is 82.5 Å². The van der Waals surface area contributed by atoms with Crippen molar-refractivity contribution >= 4 is 23.4 Å². The molecule has 8 nitrogen and oxygen atoms in total. The average molecular weight is 443 g/mol. The summed E-state index contributed by atoms with van der Waals surface area (Å²) in [5.74, 6) is 0.400. The Kier molecular flexibility index (Phi) is 7.04. The summed E-state index contributed by atoms with van der Waals surface area (Å²) in [7, 11) is 2.05. The van der Waals surface area contributed by atoms with E-state index in [2.05, 4.69) is 27.7 Å². The number of likely N-dealkylation sites (N-methyl/N-ethyl adjacent to an activating group) is 1. The highest BCUT2D eigenvalue weighted by Crippen LogP contribution is 2.27. The third-order valence-corrected chi connectivity index (χ3v) is 6.42. The van der Waals surface area contributed by atoms with Gasteiger partial charge in [-0.1, -0.05) is 18.9 Å². The van der Waals surface area contributed by atoms with Crippen molar-refractivity contribution in [2.75, 3.05) is 37.3 Å². The number of anilines is 2. The van der Waals surface area contributed by atoms with Crippen LogP contribution in [-0.4, -0.2) is 64.2 Å². The van der Waals surface area contributed by atoms with Gasteiger partial charge < -0.3 is 10.2 Å². The van der Waals surface area contributed by atoms with Gasteiger partial charge in [0, 0.05) is 24.8 Å². The van der Waals surface area contributed by atoms with Gasteiger partial charge in [0.1, 0.15) is 11.6 Å². The molecular weight excluding hydrogens is 411 g/mol. The van der Waals surface area contributed by atoms with Crippen LogP contribution in [0.2, 0.25) is 0 Å². The first kappa shape index (κ1) is 22.3. The summed E-state index contributed by atoms with van der Waals surface area (Å²) < 4.78 is 15.1. The molecule has 32 heavy (non-hydrogen) atoms. The van der Waals surface area contributed by atoms with Crippen LogP contribution in [0.25, 0.3) is 0 Å². The van der Waals surface area contributed by atoms with Crippen molar-refractivity contribution in [1.29, 1.82) is 0 Å². The Balaban J connectivity index is 1.33. The molecule has 0 saturated carbocycles. The fourth-order valence-electron chi connectivity index (χ4n) is 4.65. The number of nitrogens with one attached hydrogen (secondary N) is 2.